The van der Waals surface area contributed by atoms with Crippen molar-refractivity contribution >= 4 is 63.7 Å². The molecule has 1 unspecified atom stereocenters. The summed E-state index contributed by atoms with van der Waals surface area (Å²) in [5, 5.41) is 0. The molecular weight excluding hydrogens is 724 g/mol. The summed E-state index contributed by atoms with van der Waals surface area (Å²) in [5.74, 6) is 2.22. The fourth-order valence-electron chi connectivity index (χ4n) is 4.36. The Morgan fingerprint density at radius 2 is 1.30 bits per heavy atom. The van der Waals surface area contributed by atoms with Gasteiger partial charge in [0.2, 0.25) is 0 Å². The molecule has 6 heteroatoms. The quantitative estimate of drug-likeness (QED) is 0.205. The molecule has 0 amide bonds. The molecule has 0 fully saturated rings. The summed E-state index contributed by atoms with van der Waals surface area (Å²) in [7, 11) is 0. The van der Waals surface area contributed by atoms with Crippen molar-refractivity contribution in [3.63, 3.8) is 0 Å². The van der Waals surface area contributed by atoms with Crippen LogP contribution in [0.15, 0.2) is 96.8 Å². The number of benzene rings is 3. The maximum absolute atomic E-state index is 6.18. The summed E-state index contributed by atoms with van der Waals surface area (Å²) in [6, 6.07) is 19.0. The van der Waals surface area contributed by atoms with Gasteiger partial charge >= 0.3 is 0 Å². The predicted octanol–water partition coefficient (Wildman–Crippen LogP) is 10.6. The molecule has 0 radical (unpaired) electrons. The Morgan fingerprint density at radius 1 is 0.757 bits per heavy atom. The summed E-state index contributed by atoms with van der Waals surface area (Å²) in [4.78, 5) is 0. The van der Waals surface area contributed by atoms with E-state index in [-0.39, 0.29) is 5.41 Å². The smallest absolute Gasteiger partial charge is 0.147 e. The summed E-state index contributed by atoms with van der Waals surface area (Å²) >= 11 is 15.0. The number of allylic oxidation sites excluding steroid dienone is 4. The van der Waals surface area contributed by atoms with Gasteiger partial charge in [0.25, 0.3) is 0 Å². The average molecular weight is 754 g/mol. The molecule has 4 rings (SSSR count). The lowest BCUT2D eigenvalue weighted by molar-refractivity contribution is 0.288. The first-order valence-electron chi connectivity index (χ1n) is 12.4. The Morgan fingerprint density at radius 3 is 1.81 bits per heavy atom. The van der Waals surface area contributed by atoms with Gasteiger partial charge in [0.15, 0.2) is 0 Å². The maximum atomic E-state index is 6.18. The lowest BCUT2D eigenvalue weighted by atomic mass is 9.78. The van der Waals surface area contributed by atoms with Crippen LogP contribution in [0.3, 0.4) is 0 Å². The van der Waals surface area contributed by atoms with E-state index >= 15 is 0 Å². The van der Waals surface area contributed by atoms with E-state index in [0.29, 0.717) is 19.1 Å². The Labute approximate surface area is 254 Å². The monoisotopic (exact) mass is 750 g/mol. The zero-order valence-corrected chi connectivity index (χ0v) is 27.3. The maximum Gasteiger partial charge on any atom is 0.147 e. The molecule has 3 aromatic carbocycles. The van der Waals surface area contributed by atoms with E-state index in [0.717, 1.165) is 48.7 Å². The molecular formula is C31H30Br4O2. The number of ether oxygens (including phenoxy) is 2. The van der Waals surface area contributed by atoms with E-state index in [9.17, 15) is 0 Å². The van der Waals surface area contributed by atoms with Gasteiger partial charge < -0.3 is 9.47 Å². The molecule has 2 nitrogen and oxygen atoms in total. The number of rotatable bonds is 10. The van der Waals surface area contributed by atoms with Crippen LogP contribution < -0.4 is 9.47 Å². The second kappa shape index (κ2) is 13.1. The second-order valence-electron chi connectivity index (χ2n) is 9.69. The first kappa shape index (κ1) is 28.7. The van der Waals surface area contributed by atoms with Crippen LogP contribution in [0.5, 0.6) is 11.5 Å². The fourth-order valence-corrected chi connectivity index (χ4v) is 7.19. The number of hydrogen-bond donors (Lipinski definition) is 0. The van der Waals surface area contributed by atoms with Crippen molar-refractivity contribution < 1.29 is 9.47 Å². The van der Waals surface area contributed by atoms with Crippen LogP contribution in [-0.4, -0.2) is 13.2 Å². The molecule has 37 heavy (non-hydrogen) atoms. The van der Waals surface area contributed by atoms with Crippen molar-refractivity contribution in [1.29, 1.82) is 0 Å². The molecule has 3 aromatic rings. The van der Waals surface area contributed by atoms with E-state index < -0.39 is 0 Å². The van der Waals surface area contributed by atoms with Crippen LogP contribution >= 0.6 is 63.7 Å². The molecule has 194 valence electrons. The molecule has 0 aliphatic heterocycles. The number of halogens is 4. The molecule has 0 saturated carbocycles. The molecule has 0 N–H and O–H groups in total. The van der Waals surface area contributed by atoms with Gasteiger partial charge in [-0.25, -0.2) is 0 Å². The van der Waals surface area contributed by atoms with E-state index in [1.807, 2.05) is 6.07 Å². The topological polar surface area (TPSA) is 18.5 Å². The largest absolute Gasteiger partial charge is 0.491 e. The van der Waals surface area contributed by atoms with Crippen molar-refractivity contribution in [2.45, 2.75) is 38.5 Å². The highest BCUT2D eigenvalue weighted by molar-refractivity contribution is 9.11. The van der Waals surface area contributed by atoms with Crippen molar-refractivity contribution in [1.82, 2.24) is 0 Å². The highest BCUT2D eigenvalue weighted by Gasteiger charge is 2.27. The minimum atomic E-state index is -0.254. The molecule has 1 aliphatic carbocycles. The van der Waals surface area contributed by atoms with E-state index in [4.69, 9.17) is 9.47 Å². The number of hydrogen-bond acceptors (Lipinski definition) is 2. The van der Waals surface area contributed by atoms with E-state index in [2.05, 4.69) is 150 Å². The molecule has 0 heterocycles. The third-order valence-corrected chi connectivity index (χ3v) is 9.08. The van der Waals surface area contributed by atoms with Gasteiger partial charge in [0.05, 0.1) is 31.1 Å². The van der Waals surface area contributed by atoms with Crippen LogP contribution in [0.4, 0.5) is 0 Å². The highest BCUT2D eigenvalue weighted by atomic mass is 79.9. The first-order valence-corrected chi connectivity index (χ1v) is 15.5. The first-order chi connectivity index (χ1) is 17.8. The van der Waals surface area contributed by atoms with Gasteiger partial charge in [-0.1, -0.05) is 68.5 Å². The normalized spacial score (nSPS) is 15.1. The Hall–Kier alpha value is -1.34. The average Bonchev–Trinajstić information content (AvgIpc) is 2.88. The summed E-state index contributed by atoms with van der Waals surface area (Å²) in [5.41, 5.74) is 3.36. The van der Waals surface area contributed by atoms with Gasteiger partial charge in [0, 0.05) is 11.8 Å². The van der Waals surface area contributed by atoms with Gasteiger partial charge in [-0.2, -0.15) is 0 Å². The second-order valence-corrected chi connectivity index (χ2v) is 13.1. The van der Waals surface area contributed by atoms with Gasteiger partial charge in [-0.15, -0.1) is 0 Å². The molecule has 0 spiro atoms. The zero-order valence-electron chi connectivity index (χ0n) is 20.9. The predicted molar refractivity (Wildman–Crippen MR) is 168 cm³/mol. The lowest BCUT2D eigenvalue weighted by Gasteiger charge is -2.28. The van der Waals surface area contributed by atoms with Gasteiger partial charge in [0.1, 0.15) is 11.5 Å². The molecule has 0 saturated heterocycles. The molecule has 1 aliphatic rings. The third kappa shape index (κ3) is 7.40. The summed E-state index contributed by atoms with van der Waals surface area (Å²) in [6.45, 7) is 5.75. The third-order valence-electron chi connectivity index (χ3n) is 6.72. The van der Waals surface area contributed by atoms with Crippen LogP contribution in [-0.2, 0) is 11.8 Å². The van der Waals surface area contributed by atoms with Crippen LogP contribution in [0.25, 0.3) is 0 Å². The van der Waals surface area contributed by atoms with Crippen LogP contribution in [0, 0.1) is 5.92 Å². The molecule has 0 aromatic heterocycles. The zero-order chi connectivity index (χ0) is 26.4. The van der Waals surface area contributed by atoms with Crippen molar-refractivity contribution in [2.24, 2.45) is 5.92 Å². The summed E-state index contributed by atoms with van der Waals surface area (Å²) < 4.78 is 16.1. The summed E-state index contributed by atoms with van der Waals surface area (Å²) in [6.07, 6.45) is 11.6. The standard InChI is InChI=1S/C31H30Br4O2/c1-31(2,23-17-25(32)29(26(33)18-23)36-15-13-21-9-5-3-6-10-21)24-19-27(34)30(28(35)20-24)37-16-14-22-11-7-4-8-12-22/h3-11,17-20,22H,12-16H2,1-2H3. The van der Waals surface area contributed by atoms with Crippen LogP contribution in [0.2, 0.25) is 0 Å². The Bertz CT molecular complexity index is 1240. The van der Waals surface area contributed by atoms with Crippen molar-refractivity contribution in [3.05, 3.63) is 113 Å². The van der Waals surface area contributed by atoms with Gasteiger partial charge in [-0.3, -0.25) is 0 Å². The van der Waals surface area contributed by atoms with E-state index in [1.54, 1.807) is 0 Å². The lowest BCUT2D eigenvalue weighted by Crippen LogP contribution is -2.19. The SMILES string of the molecule is CC(C)(c1cc(Br)c(OCCc2ccccc2)c(Br)c1)c1cc(Br)c(OCCC2C=CC=CC2)c(Br)c1. The molecule has 1 atom stereocenters. The minimum Gasteiger partial charge on any atom is -0.491 e. The minimum absolute atomic E-state index is 0.254. The Kier molecular flexibility index (Phi) is 10.2. The fraction of sp³-hybridized carbons (Fsp3) is 0.290. The van der Waals surface area contributed by atoms with Crippen molar-refractivity contribution in [2.75, 3.05) is 13.2 Å². The van der Waals surface area contributed by atoms with Crippen molar-refractivity contribution in [3.8, 4) is 11.5 Å². The Balaban J connectivity index is 1.46. The highest BCUT2D eigenvalue weighted by Crippen LogP contribution is 2.44. The van der Waals surface area contributed by atoms with E-state index in [1.165, 1.54) is 16.7 Å². The van der Waals surface area contributed by atoms with Crippen LogP contribution in [0.1, 0.15) is 43.4 Å². The van der Waals surface area contributed by atoms with Gasteiger partial charge in [-0.05, 0) is 123 Å². The molecule has 0 bridgehead atoms.